The number of ether oxygens (including phenoxy) is 1. The zero-order chi connectivity index (χ0) is 14.5. The second kappa shape index (κ2) is 6.73. The van der Waals surface area contributed by atoms with Crippen LogP contribution in [0.4, 0.5) is 0 Å². The van der Waals surface area contributed by atoms with Crippen LogP contribution < -0.4 is 5.73 Å². The topological polar surface area (TPSA) is 76.2 Å². The van der Waals surface area contributed by atoms with E-state index in [9.17, 15) is 4.79 Å². The number of esters is 1. The number of carbonyl (C=O) groups is 1. The van der Waals surface area contributed by atoms with Crippen molar-refractivity contribution >= 4 is 11.7 Å². The monoisotopic (exact) mass is 266 g/mol. The first-order valence-corrected chi connectivity index (χ1v) is 7.04. The Bertz CT molecular complexity index is 363. The van der Waals surface area contributed by atoms with Crippen molar-refractivity contribution in [3.63, 3.8) is 0 Å². The molecular formula is C15H26N2O2. The summed E-state index contributed by atoms with van der Waals surface area (Å²) in [5.41, 5.74) is 6.86. The molecule has 0 spiro atoms. The first-order chi connectivity index (χ1) is 8.78. The normalized spacial score (nSPS) is 16.3. The molecule has 0 amide bonds. The van der Waals surface area contributed by atoms with E-state index in [1.165, 1.54) is 0 Å². The van der Waals surface area contributed by atoms with Gasteiger partial charge in [0.25, 0.3) is 0 Å². The molecule has 0 unspecified atom stereocenters. The molecule has 0 radical (unpaired) electrons. The molecule has 0 atom stereocenters. The van der Waals surface area contributed by atoms with Crippen LogP contribution in [-0.2, 0) is 9.53 Å². The van der Waals surface area contributed by atoms with Crippen molar-refractivity contribution in [1.29, 1.82) is 5.41 Å². The van der Waals surface area contributed by atoms with Crippen molar-refractivity contribution in [2.24, 2.45) is 11.7 Å². The highest BCUT2D eigenvalue weighted by Gasteiger charge is 2.24. The molecule has 108 valence electrons. The van der Waals surface area contributed by atoms with E-state index < -0.39 is 5.60 Å². The van der Waals surface area contributed by atoms with Crippen molar-refractivity contribution in [2.75, 3.05) is 0 Å². The number of rotatable bonds is 7. The average molecular weight is 266 g/mol. The van der Waals surface area contributed by atoms with Gasteiger partial charge in [-0.3, -0.25) is 4.79 Å². The van der Waals surface area contributed by atoms with Crippen LogP contribution in [0.2, 0.25) is 0 Å². The zero-order valence-corrected chi connectivity index (χ0v) is 12.3. The van der Waals surface area contributed by atoms with Gasteiger partial charge in [-0.1, -0.05) is 0 Å². The Morgan fingerprint density at radius 3 is 2.42 bits per heavy atom. The fourth-order valence-corrected chi connectivity index (χ4v) is 1.78. The van der Waals surface area contributed by atoms with Crippen LogP contribution in [0.1, 0.15) is 59.3 Å². The second-order valence-corrected chi connectivity index (χ2v) is 6.24. The molecule has 1 saturated carbocycles. The number of nitrogens with two attached hydrogens (primary N) is 1. The van der Waals surface area contributed by atoms with E-state index >= 15 is 0 Å². The van der Waals surface area contributed by atoms with Crippen LogP contribution in [0.15, 0.2) is 11.8 Å². The summed E-state index contributed by atoms with van der Waals surface area (Å²) in [5.74, 6) is 0.293. The molecule has 3 N–H and O–H groups in total. The third-order valence-corrected chi connectivity index (χ3v) is 2.87. The molecule has 1 rings (SSSR count). The molecule has 0 aliphatic heterocycles. The fourth-order valence-electron chi connectivity index (χ4n) is 1.78. The highest BCUT2D eigenvalue weighted by atomic mass is 16.6. The number of hydrogen-bond acceptors (Lipinski definition) is 4. The fraction of sp³-hybridized carbons (Fsp3) is 0.733. The van der Waals surface area contributed by atoms with Gasteiger partial charge in [-0.2, -0.15) is 0 Å². The first kappa shape index (κ1) is 15.7. The minimum atomic E-state index is -0.407. The summed E-state index contributed by atoms with van der Waals surface area (Å²) in [7, 11) is 0. The van der Waals surface area contributed by atoms with Crippen LogP contribution in [0.25, 0.3) is 0 Å². The largest absolute Gasteiger partial charge is 0.460 e. The van der Waals surface area contributed by atoms with Crippen molar-refractivity contribution in [3.05, 3.63) is 11.8 Å². The van der Waals surface area contributed by atoms with E-state index in [0.717, 1.165) is 37.8 Å². The van der Waals surface area contributed by atoms with E-state index in [-0.39, 0.29) is 5.97 Å². The zero-order valence-electron chi connectivity index (χ0n) is 12.3. The molecular weight excluding hydrogens is 240 g/mol. The standard InChI is InChI=1S/C15H26N2O2/c1-15(2,3)19-14(18)7-5-4-6-12(16)10-13(17)11-8-9-11/h10-11,17H,4-9,16H2,1-3H3/b12-10+,17-13?. The van der Waals surface area contributed by atoms with Crippen LogP contribution in [-0.4, -0.2) is 17.3 Å². The summed E-state index contributed by atoms with van der Waals surface area (Å²) in [4.78, 5) is 11.5. The maximum Gasteiger partial charge on any atom is 0.306 e. The Morgan fingerprint density at radius 2 is 1.89 bits per heavy atom. The summed E-state index contributed by atoms with van der Waals surface area (Å²) < 4.78 is 5.23. The summed E-state index contributed by atoms with van der Waals surface area (Å²) in [6, 6.07) is 0. The van der Waals surface area contributed by atoms with Gasteiger partial charge in [0, 0.05) is 23.7 Å². The molecule has 4 heteroatoms. The number of carbonyl (C=O) groups excluding carboxylic acids is 1. The Hall–Kier alpha value is -1.32. The minimum absolute atomic E-state index is 0.152. The van der Waals surface area contributed by atoms with Gasteiger partial charge in [-0.05, 0) is 59.0 Å². The molecule has 1 aliphatic rings. The number of unbranched alkanes of at least 4 members (excludes halogenated alkanes) is 1. The highest BCUT2D eigenvalue weighted by Crippen LogP contribution is 2.30. The Labute approximate surface area is 115 Å². The number of nitrogens with one attached hydrogen (secondary N) is 1. The molecule has 4 nitrogen and oxygen atoms in total. The third-order valence-electron chi connectivity index (χ3n) is 2.87. The molecule has 19 heavy (non-hydrogen) atoms. The van der Waals surface area contributed by atoms with E-state index in [0.29, 0.717) is 18.1 Å². The quantitative estimate of drug-likeness (QED) is 0.422. The molecule has 0 saturated heterocycles. The van der Waals surface area contributed by atoms with Gasteiger partial charge < -0.3 is 15.9 Å². The average Bonchev–Trinajstić information content (AvgIpc) is 3.05. The maximum absolute atomic E-state index is 11.5. The lowest BCUT2D eigenvalue weighted by molar-refractivity contribution is -0.154. The predicted molar refractivity (Wildman–Crippen MR) is 77.0 cm³/mol. The molecule has 0 aromatic rings. The van der Waals surface area contributed by atoms with Crippen molar-refractivity contribution in [3.8, 4) is 0 Å². The SMILES string of the molecule is CC(C)(C)OC(=O)CCCC/C(N)=C\C(=N)C1CC1. The van der Waals surface area contributed by atoms with Gasteiger partial charge in [-0.15, -0.1) is 0 Å². The highest BCUT2D eigenvalue weighted by molar-refractivity contribution is 5.96. The molecule has 0 bridgehead atoms. The first-order valence-electron chi connectivity index (χ1n) is 7.04. The minimum Gasteiger partial charge on any atom is -0.460 e. The smallest absolute Gasteiger partial charge is 0.306 e. The van der Waals surface area contributed by atoms with Gasteiger partial charge in [0.15, 0.2) is 0 Å². The lowest BCUT2D eigenvalue weighted by Crippen LogP contribution is -2.23. The van der Waals surface area contributed by atoms with Gasteiger partial charge >= 0.3 is 5.97 Å². The van der Waals surface area contributed by atoms with Crippen molar-refractivity contribution in [2.45, 2.75) is 64.9 Å². The Balaban J connectivity index is 2.13. The van der Waals surface area contributed by atoms with E-state index in [2.05, 4.69) is 0 Å². The lowest BCUT2D eigenvalue weighted by Gasteiger charge is -2.19. The Morgan fingerprint density at radius 1 is 1.32 bits per heavy atom. The van der Waals surface area contributed by atoms with Gasteiger partial charge in [0.2, 0.25) is 0 Å². The molecule has 0 heterocycles. The van der Waals surface area contributed by atoms with Crippen LogP contribution >= 0.6 is 0 Å². The van der Waals surface area contributed by atoms with Gasteiger partial charge in [0.05, 0.1) is 0 Å². The number of hydrogen-bond donors (Lipinski definition) is 2. The maximum atomic E-state index is 11.5. The van der Waals surface area contributed by atoms with E-state index in [1.54, 1.807) is 6.08 Å². The summed E-state index contributed by atoms with van der Waals surface area (Å²) in [6.45, 7) is 5.61. The van der Waals surface area contributed by atoms with E-state index in [4.69, 9.17) is 15.9 Å². The third kappa shape index (κ3) is 7.65. The molecule has 0 aromatic heterocycles. The van der Waals surface area contributed by atoms with Crippen LogP contribution in [0.3, 0.4) is 0 Å². The summed E-state index contributed by atoms with van der Waals surface area (Å²) in [5, 5.41) is 7.75. The molecule has 0 aromatic carbocycles. The van der Waals surface area contributed by atoms with Crippen LogP contribution in [0, 0.1) is 11.3 Å². The van der Waals surface area contributed by atoms with Gasteiger partial charge in [0.1, 0.15) is 5.60 Å². The second-order valence-electron chi connectivity index (χ2n) is 6.24. The van der Waals surface area contributed by atoms with E-state index in [1.807, 2.05) is 20.8 Å². The van der Waals surface area contributed by atoms with Gasteiger partial charge in [-0.25, -0.2) is 0 Å². The molecule has 1 aliphatic carbocycles. The van der Waals surface area contributed by atoms with Crippen LogP contribution in [0.5, 0.6) is 0 Å². The lowest BCUT2D eigenvalue weighted by atomic mass is 10.1. The summed E-state index contributed by atoms with van der Waals surface area (Å²) in [6.07, 6.45) is 6.86. The predicted octanol–water partition coefficient (Wildman–Crippen LogP) is 3.16. The van der Waals surface area contributed by atoms with Crippen molar-refractivity contribution in [1.82, 2.24) is 0 Å². The Kier molecular flexibility index (Phi) is 5.58. The van der Waals surface area contributed by atoms with Crippen molar-refractivity contribution < 1.29 is 9.53 Å². The molecule has 1 fully saturated rings. The number of allylic oxidation sites excluding steroid dienone is 2. The summed E-state index contributed by atoms with van der Waals surface area (Å²) >= 11 is 0.